The molecule has 0 bridgehead atoms. The van der Waals surface area contributed by atoms with Crippen molar-refractivity contribution >= 4 is 56.2 Å². The minimum absolute atomic E-state index is 0.000890. The molecule has 0 radical (unpaired) electrons. The molecule has 0 saturated carbocycles. The zero-order valence-electron chi connectivity index (χ0n) is 11.8. The third-order valence-corrected chi connectivity index (χ3v) is 4.68. The highest BCUT2D eigenvalue weighted by atomic mass is 79.9. The normalized spacial score (nSPS) is 16.5. The van der Waals surface area contributed by atoms with E-state index in [-0.39, 0.29) is 11.7 Å². The summed E-state index contributed by atoms with van der Waals surface area (Å²) in [6.07, 6.45) is 3.24. The maximum absolute atomic E-state index is 12.3. The predicted octanol–water partition coefficient (Wildman–Crippen LogP) is 3.94. The van der Waals surface area contributed by atoms with Crippen molar-refractivity contribution in [2.75, 3.05) is 13.2 Å². The number of benzene rings is 1. The molecule has 4 nitrogen and oxygen atoms in total. The van der Waals surface area contributed by atoms with Gasteiger partial charge < -0.3 is 9.84 Å². The van der Waals surface area contributed by atoms with E-state index in [0.29, 0.717) is 33.7 Å². The number of nitrogens with zero attached hydrogens (tertiary/aromatic N) is 1. The molecule has 0 atom stereocenters. The Balaban J connectivity index is 2.39. The first kappa shape index (κ1) is 17.1. The lowest BCUT2D eigenvalue weighted by Crippen LogP contribution is -2.27. The predicted molar refractivity (Wildman–Crippen MR) is 97.1 cm³/mol. The number of hydrogen-bond donors (Lipinski definition) is 1. The van der Waals surface area contributed by atoms with Crippen LogP contribution >= 0.6 is 39.9 Å². The van der Waals surface area contributed by atoms with Crippen LogP contribution < -0.4 is 4.74 Å². The van der Waals surface area contributed by atoms with Gasteiger partial charge in [-0.2, -0.15) is 0 Å². The monoisotopic (exact) mass is 399 g/mol. The number of hydrogen-bond acceptors (Lipinski definition) is 5. The van der Waals surface area contributed by atoms with Gasteiger partial charge in [0.15, 0.2) is 11.5 Å². The molecule has 1 aromatic carbocycles. The number of phenols is 1. The summed E-state index contributed by atoms with van der Waals surface area (Å²) in [4.78, 5) is 14.2. The average molecular weight is 400 g/mol. The van der Waals surface area contributed by atoms with Crippen LogP contribution in [0.15, 0.2) is 34.2 Å². The van der Waals surface area contributed by atoms with Crippen LogP contribution in [0.25, 0.3) is 6.08 Å². The summed E-state index contributed by atoms with van der Waals surface area (Å²) in [5, 5.41) is 10.3. The second-order valence-electron chi connectivity index (χ2n) is 4.36. The van der Waals surface area contributed by atoms with Gasteiger partial charge in [-0.3, -0.25) is 9.69 Å². The fourth-order valence-electron chi connectivity index (χ4n) is 1.90. The van der Waals surface area contributed by atoms with Crippen LogP contribution in [-0.2, 0) is 4.79 Å². The van der Waals surface area contributed by atoms with Gasteiger partial charge in [-0.1, -0.05) is 46.0 Å². The lowest BCUT2D eigenvalue weighted by molar-refractivity contribution is -0.121. The highest BCUT2D eigenvalue weighted by Crippen LogP contribution is 2.38. The standard InChI is InChI=1S/C15H14BrNO3S2/c1-3-5-17-14(19)12(22-15(17)21)7-9-6-10(16)8-11(13(9)18)20-4-2/h3,6-8,18H,1,4-5H2,2H3/b12-7+. The Morgan fingerprint density at radius 1 is 1.55 bits per heavy atom. The molecule has 7 heteroatoms. The molecule has 1 fully saturated rings. The van der Waals surface area contributed by atoms with Crippen LogP contribution in [0.2, 0.25) is 0 Å². The van der Waals surface area contributed by atoms with Crippen molar-refractivity contribution in [3.63, 3.8) is 0 Å². The first-order valence-electron chi connectivity index (χ1n) is 6.49. The van der Waals surface area contributed by atoms with Crippen molar-refractivity contribution in [3.8, 4) is 11.5 Å². The Labute approximate surface area is 147 Å². The third-order valence-electron chi connectivity index (χ3n) is 2.84. The molecule has 1 aliphatic rings. The largest absolute Gasteiger partial charge is 0.504 e. The molecule has 1 aromatic rings. The number of amides is 1. The van der Waals surface area contributed by atoms with Gasteiger partial charge in [0.2, 0.25) is 0 Å². The minimum Gasteiger partial charge on any atom is -0.504 e. The maximum Gasteiger partial charge on any atom is 0.266 e. The number of ether oxygens (including phenoxy) is 1. The van der Waals surface area contributed by atoms with Gasteiger partial charge in [0.1, 0.15) is 4.32 Å². The van der Waals surface area contributed by atoms with Gasteiger partial charge in [-0.05, 0) is 25.1 Å². The van der Waals surface area contributed by atoms with E-state index in [1.807, 2.05) is 6.92 Å². The number of rotatable bonds is 5. The summed E-state index contributed by atoms with van der Waals surface area (Å²) in [7, 11) is 0. The second kappa shape index (κ2) is 7.30. The van der Waals surface area contributed by atoms with Crippen LogP contribution in [0.4, 0.5) is 0 Å². The number of carbonyl (C=O) groups is 1. The van der Waals surface area contributed by atoms with E-state index in [0.717, 1.165) is 4.47 Å². The number of aromatic hydroxyl groups is 1. The Kier molecular flexibility index (Phi) is 5.66. The lowest BCUT2D eigenvalue weighted by atomic mass is 10.1. The first-order valence-corrected chi connectivity index (χ1v) is 8.51. The molecule has 0 spiro atoms. The summed E-state index contributed by atoms with van der Waals surface area (Å²) in [6, 6.07) is 3.40. The zero-order valence-corrected chi connectivity index (χ0v) is 15.1. The van der Waals surface area contributed by atoms with Crippen LogP contribution in [0.3, 0.4) is 0 Å². The van der Waals surface area contributed by atoms with Gasteiger partial charge in [0.25, 0.3) is 5.91 Å². The maximum atomic E-state index is 12.3. The number of thiocarbonyl (C=S) groups is 1. The Hall–Kier alpha value is -1.31. The van der Waals surface area contributed by atoms with E-state index in [1.165, 1.54) is 16.7 Å². The number of phenolic OH excluding ortho intramolecular Hbond substituents is 1. The van der Waals surface area contributed by atoms with E-state index in [4.69, 9.17) is 17.0 Å². The van der Waals surface area contributed by atoms with Gasteiger partial charge in [-0.25, -0.2) is 0 Å². The molecule has 2 rings (SSSR count). The molecule has 1 saturated heterocycles. The highest BCUT2D eigenvalue weighted by molar-refractivity contribution is 9.10. The lowest BCUT2D eigenvalue weighted by Gasteiger charge is -2.11. The van der Waals surface area contributed by atoms with E-state index >= 15 is 0 Å². The second-order valence-corrected chi connectivity index (χ2v) is 6.95. The van der Waals surface area contributed by atoms with Crippen molar-refractivity contribution in [1.29, 1.82) is 0 Å². The summed E-state index contributed by atoms with van der Waals surface area (Å²) in [5.41, 5.74) is 0.497. The summed E-state index contributed by atoms with van der Waals surface area (Å²) in [6.45, 7) is 6.26. The quantitative estimate of drug-likeness (QED) is 0.461. The van der Waals surface area contributed by atoms with Crippen LogP contribution in [0.1, 0.15) is 12.5 Å². The molecule has 22 heavy (non-hydrogen) atoms. The number of carbonyl (C=O) groups excluding carboxylic acids is 1. The van der Waals surface area contributed by atoms with Crippen LogP contribution in [0.5, 0.6) is 11.5 Å². The topological polar surface area (TPSA) is 49.8 Å². The molecular formula is C15H14BrNO3S2. The average Bonchev–Trinajstić information content (AvgIpc) is 2.72. The molecular weight excluding hydrogens is 386 g/mol. The molecule has 0 aromatic heterocycles. The Bertz CT molecular complexity index is 673. The summed E-state index contributed by atoms with van der Waals surface area (Å²) >= 11 is 9.76. The Morgan fingerprint density at radius 3 is 2.91 bits per heavy atom. The SMILES string of the molecule is C=CCN1C(=O)/C(=C\c2cc(Br)cc(OCC)c2O)SC1=S. The molecule has 0 aliphatic carbocycles. The first-order chi connectivity index (χ1) is 10.5. The number of halogens is 1. The van der Waals surface area contributed by atoms with Gasteiger partial charge in [0, 0.05) is 16.6 Å². The summed E-state index contributed by atoms with van der Waals surface area (Å²) < 4.78 is 6.61. The van der Waals surface area contributed by atoms with Crippen LogP contribution in [0, 0.1) is 0 Å². The molecule has 1 N–H and O–H groups in total. The smallest absolute Gasteiger partial charge is 0.266 e. The van der Waals surface area contributed by atoms with Crippen LogP contribution in [-0.4, -0.2) is 33.4 Å². The fraction of sp³-hybridized carbons (Fsp3) is 0.200. The van der Waals surface area contributed by atoms with Gasteiger partial charge in [-0.15, -0.1) is 6.58 Å². The molecule has 1 amide bonds. The van der Waals surface area contributed by atoms with Crippen molar-refractivity contribution in [2.45, 2.75) is 6.92 Å². The van der Waals surface area contributed by atoms with Gasteiger partial charge in [0.05, 0.1) is 11.5 Å². The molecule has 1 aliphatic heterocycles. The number of thioether (sulfide) groups is 1. The van der Waals surface area contributed by atoms with E-state index < -0.39 is 0 Å². The molecule has 1 heterocycles. The van der Waals surface area contributed by atoms with Crippen molar-refractivity contribution in [3.05, 3.63) is 39.7 Å². The zero-order chi connectivity index (χ0) is 16.3. The van der Waals surface area contributed by atoms with E-state index in [2.05, 4.69) is 22.5 Å². The fourth-order valence-corrected chi connectivity index (χ4v) is 3.62. The minimum atomic E-state index is -0.188. The van der Waals surface area contributed by atoms with Crippen molar-refractivity contribution < 1.29 is 14.6 Å². The molecule has 116 valence electrons. The molecule has 0 unspecified atom stereocenters. The Morgan fingerprint density at radius 2 is 2.27 bits per heavy atom. The van der Waals surface area contributed by atoms with E-state index in [9.17, 15) is 9.90 Å². The highest BCUT2D eigenvalue weighted by Gasteiger charge is 2.31. The van der Waals surface area contributed by atoms with E-state index in [1.54, 1.807) is 24.3 Å². The van der Waals surface area contributed by atoms with Crippen molar-refractivity contribution in [1.82, 2.24) is 4.90 Å². The van der Waals surface area contributed by atoms with Crippen molar-refractivity contribution in [2.24, 2.45) is 0 Å². The summed E-state index contributed by atoms with van der Waals surface area (Å²) in [5.74, 6) is 0.177. The van der Waals surface area contributed by atoms with Gasteiger partial charge >= 0.3 is 0 Å². The third kappa shape index (κ3) is 3.53.